The summed E-state index contributed by atoms with van der Waals surface area (Å²) in [4.78, 5) is 26.7. The van der Waals surface area contributed by atoms with E-state index in [-0.39, 0.29) is 11.5 Å². The summed E-state index contributed by atoms with van der Waals surface area (Å²) >= 11 is 0. The summed E-state index contributed by atoms with van der Waals surface area (Å²) in [6.45, 7) is 2.19. The maximum absolute atomic E-state index is 12.7. The normalized spacial score (nSPS) is 14.2. The van der Waals surface area contributed by atoms with Crippen LogP contribution in [0.3, 0.4) is 0 Å². The van der Waals surface area contributed by atoms with Crippen LogP contribution in [0.2, 0.25) is 0 Å². The Morgan fingerprint density at radius 3 is 2.80 bits per heavy atom. The molecule has 0 fully saturated rings. The van der Waals surface area contributed by atoms with Gasteiger partial charge in [-0.3, -0.25) is 4.79 Å². The van der Waals surface area contributed by atoms with E-state index in [0.29, 0.717) is 12.1 Å². The molecule has 1 atom stereocenters. The van der Waals surface area contributed by atoms with E-state index in [0.717, 1.165) is 24.1 Å². The molecule has 1 amide bonds. The van der Waals surface area contributed by atoms with E-state index >= 15 is 0 Å². The molecule has 0 saturated heterocycles. The molecule has 5 heteroatoms. The minimum Gasteiger partial charge on any atom is -0.449 e. The van der Waals surface area contributed by atoms with Crippen LogP contribution in [-0.2, 0) is 16.0 Å². The van der Waals surface area contributed by atoms with Crippen molar-refractivity contribution in [3.05, 3.63) is 65.2 Å². The molecule has 25 heavy (non-hydrogen) atoms. The van der Waals surface area contributed by atoms with E-state index in [1.165, 1.54) is 6.07 Å². The van der Waals surface area contributed by atoms with Crippen molar-refractivity contribution in [3.8, 4) is 6.07 Å². The number of anilines is 1. The van der Waals surface area contributed by atoms with Gasteiger partial charge >= 0.3 is 5.97 Å². The van der Waals surface area contributed by atoms with Gasteiger partial charge in [0.1, 0.15) is 0 Å². The van der Waals surface area contributed by atoms with Crippen LogP contribution in [0, 0.1) is 11.3 Å². The van der Waals surface area contributed by atoms with Crippen LogP contribution in [0.1, 0.15) is 34.8 Å². The van der Waals surface area contributed by atoms with Gasteiger partial charge in [0.2, 0.25) is 0 Å². The van der Waals surface area contributed by atoms with E-state index < -0.39 is 12.1 Å². The molecule has 2 aromatic rings. The average Bonchev–Trinajstić information content (AvgIpc) is 2.66. The Balaban J connectivity index is 1.73. The molecule has 126 valence electrons. The lowest BCUT2D eigenvalue weighted by atomic mass is 10.0. The number of rotatable bonds is 3. The molecular formula is C20H18N2O3. The minimum atomic E-state index is -0.899. The first-order chi connectivity index (χ1) is 12.1. The average molecular weight is 334 g/mol. The summed E-state index contributed by atoms with van der Waals surface area (Å²) < 4.78 is 5.33. The number of esters is 1. The van der Waals surface area contributed by atoms with Crippen molar-refractivity contribution in [3.63, 3.8) is 0 Å². The Hall–Kier alpha value is -3.13. The van der Waals surface area contributed by atoms with Gasteiger partial charge in [-0.05, 0) is 49.6 Å². The Morgan fingerprint density at radius 1 is 1.20 bits per heavy atom. The number of nitrogens with zero attached hydrogens (tertiary/aromatic N) is 2. The van der Waals surface area contributed by atoms with Crippen molar-refractivity contribution in [2.75, 3.05) is 11.4 Å². The highest BCUT2D eigenvalue weighted by molar-refractivity contribution is 5.99. The number of amides is 1. The van der Waals surface area contributed by atoms with E-state index in [2.05, 4.69) is 0 Å². The zero-order valence-electron chi connectivity index (χ0n) is 13.9. The monoisotopic (exact) mass is 334 g/mol. The molecule has 0 spiro atoms. The molecule has 0 aromatic heterocycles. The van der Waals surface area contributed by atoms with Gasteiger partial charge in [0, 0.05) is 12.2 Å². The van der Waals surface area contributed by atoms with Gasteiger partial charge in [0.15, 0.2) is 6.10 Å². The molecule has 0 N–H and O–H groups in total. The van der Waals surface area contributed by atoms with Gasteiger partial charge in [-0.2, -0.15) is 5.26 Å². The SMILES string of the molecule is CC(OC(=O)c1cccc(C#N)c1)C(=O)N1CCCc2ccccc21. The van der Waals surface area contributed by atoms with Crippen LogP contribution in [0.25, 0.3) is 0 Å². The van der Waals surface area contributed by atoms with Crippen molar-refractivity contribution < 1.29 is 14.3 Å². The van der Waals surface area contributed by atoms with Gasteiger partial charge in [-0.1, -0.05) is 24.3 Å². The molecule has 3 rings (SSSR count). The van der Waals surface area contributed by atoms with Crippen LogP contribution < -0.4 is 4.90 Å². The van der Waals surface area contributed by atoms with Crippen LogP contribution in [0.15, 0.2) is 48.5 Å². The highest BCUT2D eigenvalue weighted by Crippen LogP contribution is 2.27. The van der Waals surface area contributed by atoms with Crippen LogP contribution >= 0.6 is 0 Å². The summed E-state index contributed by atoms with van der Waals surface area (Å²) in [6.07, 6.45) is 0.923. The second-order valence-corrected chi connectivity index (χ2v) is 5.96. The molecule has 1 aliphatic rings. The number of aryl methyl sites for hydroxylation is 1. The van der Waals surface area contributed by atoms with E-state index in [1.54, 1.807) is 30.0 Å². The lowest BCUT2D eigenvalue weighted by molar-refractivity contribution is -0.126. The Kier molecular flexibility index (Phi) is 4.80. The highest BCUT2D eigenvalue weighted by atomic mass is 16.5. The fourth-order valence-electron chi connectivity index (χ4n) is 2.98. The largest absolute Gasteiger partial charge is 0.449 e. The summed E-state index contributed by atoms with van der Waals surface area (Å²) in [5, 5.41) is 8.91. The number of carbonyl (C=O) groups excluding carboxylic acids is 2. The van der Waals surface area contributed by atoms with Crippen molar-refractivity contribution in [2.24, 2.45) is 0 Å². The fourth-order valence-corrected chi connectivity index (χ4v) is 2.98. The summed E-state index contributed by atoms with van der Waals surface area (Å²) in [5.41, 5.74) is 2.65. The second kappa shape index (κ2) is 7.18. The fraction of sp³-hybridized carbons (Fsp3) is 0.250. The number of nitriles is 1. The zero-order valence-corrected chi connectivity index (χ0v) is 13.9. The van der Waals surface area contributed by atoms with Gasteiger partial charge in [0.25, 0.3) is 5.91 Å². The molecule has 0 aliphatic carbocycles. The zero-order chi connectivity index (χ0) is 17.8. The molecule has 1 heterocycles. The first kappa shape index (κ1) is 16.7. The van der Waals surface area contributed by atoms with Crippen molar-refractivity contribution in [1.82, 2.24) is 0 Å². The third-order valence-electron chi connectivity index (χ3n) is 4.24. The molecule has 5 nitrogen and oxygen atoms in total. The quantitative estimate of drug-likeness (QED) is 0.809. The summed E-state index contributed by atoms with van der Waals surface area (Å²) in [6, 6.07) is 16.0. The van der Waals surface area contributed by atoms with Crippen LogP contribution in [-0.4, -0.2) is 24.5 Å². The number of fused-ring (bicyclic) bond motifs is 1. The predicted molar refractivity (Wildman–Crippen MR) is 93.2 cm³/mol. The Labute approximate surface area is 146 Å². The van der Waals surface area contributed by atoms with E-state index in [1.807, 2.05) is 30.3 Å². The lowest BCUT2D eigenvalue weighted by Gasteiger charge is -2.31. The Bertz CT molecular complexity index is 854. The molecule has 1 aliphatic heterocycles. The van der Waals surface area contributed by atoms with Gasteiger partial charge in [-0.15, -0.1) is 0 Å². The first-order valence-corrected chi connectivity index (χ1v) is 8.20. The summed E-state index contributed by atoms with van der Waals surface area (Å²) in [7, 11) is 0. The molecule has 1 unspecified atom stereocenters. The van der Waals surface area contributed by atoms with Crippen LogP contribution in [0.5, 0.6) is 0 Å². The molecule has 2 aromatic carbocycles. The van der Waals surface area contributed by atoms with Gasteiger partial charge in [-0.25, -0.2) is 4.79 Å². The van der Waals surface area contributed by atoms with Crippen LogP contribution in [0.4, 0.5) is 5.69 Å². The van der Waals surface area contributed by atoms with Gasteiger partial charge < -0.3 is 9.64 Å². The highest BCUT2D eigenvalue weighted by Gasteiger charge is 2.28. The molecule has 0 radical (unpaired) electrons. The summed E-state index contributed by atoms with van der Waals surface area (Å²) in [5.74, 6) is -0.847. The van der Waals surface area contributed by atoms with Crippen molar-refractivity contribution in [1.29, 1.82) is 5.26 Å². The third kappa shape index (κ3) is 3.53. The lowest BCUT2D eigenvalue weighted by Crippen LogP contribution is -2.42. The molecule has 0 bridgehead atoms. The van der Waals surface area contributed by atoms with Gasteiger partial charge in [0.05, 0.1) is 17.2 Å². The van der Waals surface area contributed by atoms with E-state index in [9.17, 15) is 9.59 Å². The maximum Gasteiger partial charge on any atom is 0.338 e. The number of benzene rings is 2. The molecular weight excluding hydrogens is 316 g/mol. The maximum atomic E-state index is 12.7. The topological polar surface area (TPSA) is 70.4 Å². The number of para-hydroxylation sites is 1. The number of hydrogen-bond acceptors (Lipinski definition) is 4. The number of carbonyl (C=O) groups is 2. The third-order valence-corrected chi connectivity index (χ3v) is 4.24. The number of ether oxygens (including phenoxy) is 1. The first-order valence-electron chi connectivity index (χ1n) is 8.20. The second-order valence-electron chi connectivity index (χ2n) is 5.96. The van der Waals surface area contributed by atoms with Crippen molar-refractivity contribution in [2.45, 2.75) is 25.9 Å². The minimum absolute atomic E-state index is 0.239. The Morgan fingerprint density at radius 2 is 2.00 bits per heavy atom. The molecule has 0 saturated carbocycles. The smallest absolute Gasteiger partial charge is 0.338 e. The predicted octanol–water partition coefficient (Wildman–Crippen LogP) is 3.08. The number of hydrogen-bond donors (Lipinski definition) is 0. The van der Waals surface area contributed by atoms with E-state index in [4.69, 9.17) is 10.00 Å². The standard InChI is InChI=1S/C20H18N2O3/c1-14(25-20(24)17-8-4-6-15(12-17)13-21)19(23)22-11-5-9-16-7-2-3-10-18(16)22/h2-4,6-8,10,12,14H,5,9,11H2,1H3. The van der Waals surface area contributed by atoms with Crippen molar-refractivity contribution >= 4 is 17.6 Å².